The maximum Gasteiger partial charge on any atom is 0.326 e. The second-order valence-electron chi connectivity index (χ2n) is 8.39. The van der Waals surface area contributed by atoms with Crippen LogP contribution >= 0.6 is 0 Å². The number of aliphatic carboxylic acids is 1. The number of unbranched alkanes of at least 4 members (excludes halogenated alkanes) is 1. The number of carboxylic acids is 1. The van der Waals surface area contributed by atoms with Crippen LogP contribution in [0.4, 0.5) is 0 Å². The first-order chi connectivity index (χ1) is 14.4. The van der Waals surface area contributed by atoms with E-state index in [0.717, 1.165) is 0 Å². The zero-order valence-electron chi connectivity index (χ0n) is 18.9. The van der Waals surface area contributed by atoms with Crippen molar-refractivity contribution in [2.24, 2.45) is 23.3 Å². The fourth-order valence-corrected chi connectivity index (χ4v) is 2.89. The van der Waals surface area contributed by atoms with Gasteiger partial charge in [0.05, 0.1) is 12.6 Å². The molecule has 11 heteroatoms. The smallest absolute Gasteiger partial charge is 0.326 e. The first-order valence-corrected chi connectivity index (χ1v) is 10.6. The number of nitrogens with one attached hydrogen (secondary N) is 3. The summed E-state index contributed by atoms with van der Waals surface area (Å²) in [4.78, 5) is 48.8. The molecule has 0 radical (unpaired) electrons. The van der Waals surface area contributed by atoms with Gasteiger partial charge in [0.2, 0.25) is 17.7 Å². The Hall–Kier alpha value is -2.24. The second-order valence-corrected chi connectivity index (χ2v) is 8.39. The van der Waals surface area contributed by atoms with E-state index in [9.17, 15) is 29.4 Å². The van der Waals surface area contributed by atoms with Gasteiger partial charge in [-0.3, -0.25) is 14.4 Å². The van der Waals surface area contributed by atoms with Crippen LogP contribution in [0.15, 0.2) is 0 Å². The Kier molecular flexibility index (Phi) is 13.6. The Morgan fingerprint density at radius 2 is 1.45 bits per heavy atom. The largest absolute Gasteiger partial charge is 0.480 e. The predicted molar refractivity (Wildman–Crippen MR) is 116 cm³/mol. The van der Waals surface area contributed by atoms with Gasteiger partial charge in [0.1, 0.15) is 18.1 Å². The molecule has 11 nitrogen and oxygen atoms in total. The normalized spacial score (nSPS) is 15.1. The Bertz CT molecular complexity index is 599. The molecule has 0 spiro atoms. The van der Waals surface area contributed by atoms with Crippen molar-refractivity contribution in [2.75, 3.05) is 13.2 Å². The third-order valence-corrected chi connectivity index (χ3v) is 4.69. The Morgan fingerprint density at radius 3 is 1.90 bits per heavy atom. The molecule has 0 aromatic rings. The summed E-state index contributed by atoms with van der Waals surface area (Å²) in [5, 5.41) is 26.1. The van der Waals surface area contributed by atoms with Crippen LogP contribution in [0.25, 0.3) is 0 Å². The van der Waals surface area contributed by atoms with Gasteiger partial charge < -0.3 is 37.6 Å². The number of carbonyl (C=O) groups is 4. The van der Waals surface area contributed by atoms with Gasteiger partial charge >= 0.3 is 5.97 Å². The van der Waals surface area contributed by atoms with Crippen LogP contribution in [-0.4, -0.2) is 71.2 Å². The summed E-state index contributed by atoms with van der Waals surface area (Å²) in [6.07, 6.45) is 1.72. The van der Waals surface area contributed by atoms with E-state index in [2.05, 4.69) is 16.0 Å². The molecule has 0 rings (SSSR count). The highest BCUT2D eigenvalue weighted by Gasteiger charge is 2.31. The monoisotopic (exact) mass is 445 g/mol. The van der Waals surface area contributed by atoms with Crippen LogP contribution < -0.4 is 27.4 Å². The molecule has 0 saturated carbocycles. The van der Waals surface area contributed by atoms with Crippen molar-refractivity contribution in [3.05, 3.63) is 0 Å². The van der Waals surface area contributed by atoms with E-state index in [-0.39, 0.29) is 18.3 Å². The highest BCUT2D eigenvalue weighted by atomic mass is 16.4. The van der Waals surface area contributed by atoms with Gasteiger partial charge in [0, 0.05) is 0 Å². The maximum atomic E-state index is 12.7. The number of amides is 3. The van der Waals surface area contributed by atoms with E-state index < -0.39 is 54.5 Å². The van der Waals surface area contributed by atoms with Gasteiger partial charge in [-0.2, -0.15) is 0 Å². The summed E-state index contributed by atoms with van der Waals surface area (Å²) in [6, 6.07) is -4.30. The van der Waals surface area contributed by atoms with Gasteiger partial charge in [-0.25, -0.2) is 4.79 Å². The minimum absolute atomic E-state index is 0.169. The highest BCUT2D eigenvalue weighted by molar-refractivity contribution is 5.94. The molecule has 9 N–H and O–H groups in total. The molecule has 0 aromatic heterocycles. The fourth-order valence-electron chi connectivity index (χ4n) is 2.89. The number of carboxylic acid groups (broad SMARTS) is 1. The van der Waals surface area contributed by atoms with Gasteiger partial charge in [-0.1, -0.05) is 27.7 Å². The lowest BCUT2D eigenvalue weighted by Crippen LogP contribution is -2.59. The standard InChI is InChI=1S/C20H39N5O6/c1-11(2)9-13(22)17(27)25-16(12(3)4)19(29)24-15(10-26)18(28)23-14(20(30)31)7-5-6-8-21/h11-16,26H,5-10,21-22H2,1-4H3,(H,23,28)(H,24,29)(H,25,27)(H,30,31). The Labute approximate surface area is 183 Å². The molecule has 0 fully saturated rings. The van der Waals surface area contributed by atoms with Crippen molar-refractivity contribution in [2.45, 2.75) is 77.5 Å². The Balaban J connectivity index is 5.09. The number of aliphatic hydroxyl groups excluding tert-OH is 1. The molecule has 0 heterocycles. The summed E-state index contributed by atoms with van der Waals surface area (Å²) in [5.41, 5.74) is 11.3. The van der Waals surface area contributed by atoms with Crippen LogP contribution in [-0.2, 0) is 19.2 Å². The van der Waals surface area contributed by atoms with Gasteiger partial charge in [0.25, 0.3) is 0 Å². The number of hydrogen-bond donors (Lipinski definition) is 7. The molecule has 0 aliphatic rings. The minimum atomic E-state index is -1.37. The molecule has 4 atom stereocenters. The topological polar surface area (TPSA) is 197 Å². The van der Waals surface area contributed by atoms with Crippen molar-refractivity contribution < 1.29 is 29.4 Å². The lowest BCUT2D eigenvalue weighted by atomic mass is 10.00. The molecule has 4 unspecified atom stereocenters. The second kappa shape index (κ2) is 14.7. The Morgan fingerprint density at radius 1 is 0.871 bits per heavy atom. The van der Waals surface area contributed by atoms with Crippen LogP contribution in [0.3, 0.4) is 0 Å². The van der Waals surface area contributed by atoms with E-state index in [1.165, 1.54) is 0 Å². The number of hydrogen-bond acceptors (Lipinski definition) is 7. The molecule has 0 aliphatic heterocycles. The molecule has 0 saturated heterocycles. The summed E-state index contributed by atoms with van der Waals surface area (Å²) < 4.78 is 0. The van der Waals surface area contributed by atoms with E-state index in [4.69, 9.17) is 11.5 Å². The van der Waals surface area contributed by atoms with Crippen LogP contribution in [0, 0.1) is 11.8 Å². The third kappa shape index (κ3) is 11.1. The average molecular weight is 446 g/mol. The van der Waals surface area contributed by atoms with E-state index in [1.54, 1.807) is 13.8 Å². The molecule has 0 aromatic carbocycles. The number of carbonyl (C=O) groups excluding carboxylic acids is 3. The maximum absolute atomic E-state index is 12.7. The molecule has 180 valence electrons. The SMILES string of the molecule is CC(C)CC(N)C(=O)NC(C(=O)NC(CO)C(=O)NC(CCCCN)C(=O)O)C(C)C. The number of rotatable bonds is 15. The quantitative estimate of drug-likeness (QED) is 0.150. The minimum Gasteiger partial charge on any atom is -0.480 e. The zero-order valence-corrected chi connectivity index (χ0v) is 18.9. The molecular weight excluding hydrogens is 406 g/mol. The van der Waals surface area contributed by atoms with Gasteiger partial charge in [-0.15, -0.1) is 0 Å². The van der Waals surface area contributed by atoms with Gasteiger partial charge in [-0.05, 0) is 44.1 Å². The third-order valence-electron chi connectivity index (χ3n) is 4.69. The van der Waals surface area contributed by atoms with Crippen molar-refractivity contribution in [3.8, 4) is 0 Å². The summed E-state index contributed by atoms with van der Waals surface area (Å²) >= 11 is 0. The number of nitrogens with two attached hydrogens (primary N) is 2. The molecule has 0 aliphatic carbocycles. The highest BCUT2D eigenvalue weighted by Crippen LogP contribution is 2.07. The van der Waals surface area contributed by atoms with Crippen LogP contribution in [0.1, 0.15) is 53.4 Å². The molecule has 31 heavy (non-hydrogen) atoms. The van der Waals surface area contributed by atoms with E-state index >= 15 is 0 Å². The number of aliphatic hydroxyl groups is 1. The first kappa shape index (κ1) is 28.8. The zero-order chi connectivity index (χ0) is 24.1. The lowest BCUT2D eigenvalue weighted by molar-refractivity contribution is -0.142. The molecule has 0 bridgehead atoms. The molecule has 3 amide bonds. The lowest BCUT2D eigenvalue weighted by Gasteiger charge is -2.26. The van der Waals surface area contributed by atoms with E-state index in [0.29, 0.717) is 25.8 Å². The summed E-state index contributed by atoms with van der Waals surface area (Å²) in [5.74, 6) is -3.34. The average Bonchev–Trinajstić information content (AvgIpc) is 2.67. The fraction of sp³-hybridized carbons (Fsp3) is 0.800. The van der Waals surface area contributed by atoms with Crippen molar-refractivity contribution in [1.82, 2.24) is 16.0 Å². The predicted octanol–water partition coefficient (Wildman–Crippen LogP) is -1.32. The van der Waals surface area contributed by atoms with Crippen LogP contribution in [0.5, 0.6) is 0 Å². The van der Waals surface area contributed by atoms with Crippen molar-refractivity contribution in [1.29, 1.82) is 0 Å². The first-order valence-electron chi connectivity index (χ1n) is 10.6. The van der Waals surface area contributed by atoms with Gasteiger partial charge in [0.15, 0.2) is 0 Å². The van der Waals surface area contributed by atoms with Crippen LogP contribution in [0.2, 0.25) is 0 Å². The summed E-state index contributed by atoms with van der Waals surface area (Å²) in [7, 11) is 0. The van der Waals surface area contributed by atoms with Crippen molar-refractivity contribution >= 4 is 23.7 Å². The van der Waals surface area contributed by atoms with E-state index in [1.807, 2.05) is 13.8 Å². The van der Waals surface area contributed by atoms with Crippen molar-refractivity contribution in [3.63, 3.8) is 0 Å². The molecular formula is C20H39N5O6. The summed E-state index contributed by atoms with van der Waals surface area (Å²) in [6.45, 7) is 6.93.